The highest BCUT2D eigenvalue weighted by atomic mass is 35.5. The lowest BCUT2D eigenvalue weighted by Gasteiger charge is -2.27. The number of nitrogens with zero attached hydrogens (tertiary/aromatic N) is 1. The number of methoxy groups -OCH3 is 1. The molecule has 11 heteroatoms. The van der Waals surface area contributed by atoms with Crippen molar-refractivity contribution in [2.45, 2.75) is 32.3 Å². The van der Waals surface area contributed by atoms with Crippen molar-refractivity contribution in [3.05, 3.63) is 122 Å². The molecule has 0 saturated carbocycles. The minimum Gasteiger partial charge on any atom is -0.493 e. The molecular weight excluding hydrogens is 651 g/mol. The quantitative estimate of drug-likeness (QED) is 0.0951. The van der Waals surface area contributed by atoms with Crippen molar-refractivity contribution < 1.29 is 28.5 Å². The first-order valence-electron chi connectivity index (χ1n) is 14.3. The fourth-order valence-corrected chi connectivity index (χ4v) is 5.68. The van der Waals surface area contributed by atoms with Crippen LogP contribution in [0.15, 0.2) is 84.3 Å². The SMILES string of the molecule is CCCCOc1c(Cl)cc(C(=O)Oc2ccc3c(c2)OC(N)=C(C#N)C3c2ccc(OCc3ccccc3Cl)c(OC)c2)cc1Cl. The number of fused-ring (bicyclic) bond motifs is 1. The Bertz CT molecular complexity index is 1830. The van der Waals surface area contributed by atoms with E-state index in [1.165, 1.54) is 25.3 Å². The van der Waals surface area contributed by atoms with E-state index in [0.29, 0.717) is 45.8 Å². The second kappa shape index (κ2) is 14.7. The van der Waals surface area contributed by atoms with Crippen LogP contribution in [0.2, 0.25) is 15.1 Å². The van der Waals surface area contributed by atoms with Crippen LogP contribution in [-0.2, 0) is 6.61 Å². The molecule has 5 rings (SSSR count). The lowest BCUT2D eigenvalue weighted by atomic mass is 9.83. The van der Waals surface area contributed by atoms with Gasteiger partial charge in [0.15, 0.2) is 17.2 Å². The standard InChI is InChI=1S/C35H29Cl3N2O6/c1-3-4-13-43-33-27(37)14-22(15-28(33)38)35(41)45-23-10-11-24-30(17-23)46-34(40)25(18-39)32(24)20-9-12-29(31(16-20)42-2)44-19-21-7-5-6-8-26(21)36/h5-12,14-17,32H,3-4,13,19,40H2,1-2H3. The third-order valence-electron chi connectivity index (χ3n) is 7.24. The number of hydrogen-bond acceptors (Lipinski definition) is 8. The first-order valence-corrected chi connectivity index (χ1v) is 15.5. The molecule has 0 bridgehead atoms. The maximum Gasteiger partial charge on any atom is 0.343 e. The molecule has 0 saturated heterocycles. The Balaban J connectivity index is 1.39. The second-order valence-corrected chi connectivity index (χ2v) is 11.5. The topological polar surface area (TPSA) is 113 Å². The molecule has 2 N–H and O–H groups in total. The van der Waals surface area contributed by atoms with Crippen molar-refractivity contribution >= 4 is 40.8 Å². The van der Waals surface area contributed by atoms with Gasteiger partial charge in [-0.3, -0.25) is 0 Å². The first-order chi connectivity index (χ1) is 22.2. The molecule has 0 radical (unpaired) electrons. The number of benzene rings is 4. The molecule has 1 unspecified atom stereocenters. The van der Waals surface area contributed by atoms with E-state index in [2.05, 4.69) is 6.07 Å². The summed E-state index contributed by atoms with van der Waals surface area (Å²) in [5, 5.41) is 11.0. The summed E-state index contributed by atoms with van der Waals surface area (Å²) >= 11 is 19.0. The Morgan fingerprint density at radius 2 is 1.72 bits per heavy atom. The van der Waals surface area contributed by atoms with Gasteiger partial charge in [-0.15, -0.1) is 0 Å². The summed E-state index contributed by atoms with van der Waals surface area (Å²) in [6.07, 6.45) is 1.79. The minimum absolute atomic E-state index is 0.0706. The summed E-state index contributed by atoms with van der Waals surface area (Å²) in [5.41, 5.74) is 8.74. The number of halogens is 3. The zero-order valence-corrected chi connectivity index (χ0v) is 27.2. The van der Waals surface area contributed by atoms with Crippen LogP contribution in [0.3, 0.4) is 0 Å². The first kappa shape index (κ1) is 32.8. The van der Waals surface area contributed by atoms with E-state index < -0.39 is 11.9 Å². The summed E-state index contributed by atoms with van der Waals surface area (Å²) in [4.78, 5) is 13.0. The summed E-state index contributed by atoms with van der Waals surface area (Å²) in [7, 11) is 1.53. The molecule has 4 aromatic carbocycles. The number of rotatable bonds is 11. The van der Waals surface area contributed by atoms with Crippen LogP contribution in [0.1, 0.15) is 52.7 Å². The second-order valence-electron chi connectivity index (χ2n) is 10.3. The summed E-state index contributed by atoms with van der Waals surface area (Å²) in [6, 6.07) is 22.7. The summed E-state index contributed by atoms with van der Waals surface area (Å²) in [6.45, 7) is 2.73. The van der Waals surface area contributed by atoms with E-state index in [0.717, 1.165) is 18.4 Å². The Morgan fingerprint density at radius 3 is 2.41 bits per heavy atom. The van der Waals surface area contributed by atoms with E-state index in [1.807, 2.05) is 31.2 Å². The zero-order chi connectivity index (χ0) is 32.8. The number of esters is 1. The van der Waals surface area contributed by atoms with E-state index in [9.17, 15) is 10.1 Å². The third-order valence-corrected chi connectivity index (χ3v) is 8.17. The largest absolute Gasteiger partial charge is 0.493 e. The van der Waals surface area contributed by atoms with Gasteiger partial charge in [0.25, 0.3) is 0 Å². The molecule has 0 aliphatic carbocycles. The van der Waals surface area contributed by atoms with Gasteiger partial charge in [0, 0.05) is 22.2 Å². The maximum absolute atomic E-state index is 13.0. The van der Waals surface area contributed by atoms with Crippen molar-refractivity contribution in [1.29, 1.82) is 5.26 Å². The lowest BCUT2D eigenvalue weighted by Crippen LogP contribution is -2.21. The van der Waals surface area contributed by atoms with Crippen molar-refractivity contribution in [2.75, 3.05) is 13.7 Å². The summed E-state index contributed by atoms with van der Waals surface area (Å²) < 4.78 is 28.7. The number of ether oxygens (including phenoxy) is 5. The molecule has 0 spiro atoms. The predicted octanol–water partition coefficient (Wildman–Crippen LogP) is 8.85. The molecule has 1 aliphatic rings. The van der Waals surface area contributed by atoms with Crippen LogP contribution in [0, 0.1) is 11.3 Å². The molecule has 0 fully saturated rings. The Morgan fingerprint density at radius 1 is 0.957 bits per heavy atom. The maximum atomic E-state index is 13.0. The van der Waals surface area contributed by atoms with Crippen molar-refractivity contribution in [3.8, 4) is 34.8 Å². The van der Waals surface area contributed by atoms with Gasteiger partial charge < -0.3 is 29.4 Å². The van der Waals surface area contributed by atoms with Gasteiger partial charge in [-0.1, -0.05) is 78.5 Å². The van der Waals surface area contributed by atoms with Gasteiger partial charge in [0.1, 0.15) is 29.7 Å². The van der Waals surface area contributed by atoms with Gasteiger partial charge in [0.2, 0.25) is 5.88 Å². The molecule has 0 amide bonds. The van der Waals surface area contributed by atoms with E-state index in [1.54, 1.807) is 30.3 Å². The molecule has 1 heterocycles. The zero-order valence-electron chi connectivity index (χ0n) is 24.9. The van der Waals surface area contributed by atoms with Gasteiger partial charge >= 0.3 is 5.97 Å². The van der Waals surface area contributed by atoms with Crippen LogP contribution in [-0.4, -0.2) is 19.7 Å². The highest BCUT2D eigenvalue weighted by molar-refractivity contribution is 6.37. The monoisotopic (exact) mass is 678 g/mol. The number of carbonyl (C=O) groups is 1. The number of nitrogens with two attached hydrogens (primary N) is 1. The number of unbranched alkanes of at least 4 members (excludes halogenated alkanes) is 1. The van der Waals surface area contributed by atoms with Crippen LogP contribution < -0.4 is 29.4 Å². The fourth-order valence-electron chi connectivity index (χ4n) is 4.90. The number of nitriles is 1. The highest BCUT2D eigenvalue weighted by Crippen LogP contribution is 2.45. The highest BCUT2D eigenvalue weighted by Gasteiger charge is 2.32. The van der Waals surface area contributed by atoms with Crippen LogP contribution in [0.4, 0.5) is 0 Å². The molecule has 236 valence electrons. The normalized spacial score (nSPS) is 13.7. The average molecular weight is 680 g/mol. The van der Waals surface area contributed by atoms with Gasteiger partial charge in [-0.2, -0.15) is 5.26 Å². The Kier molecular flexibility index (Phi) is 10.5. The average Bonchev–Trinajstić information content (AvgIpc) is 3.04. The molecular formula is C35H29Cl3N2O6. The molecule has 46 heavy (non-hydrogen) atoms. The van der Waals surface area contributed by atoms with Gasteiger partial charge in [0.05, 0.1) is 35.2 Å². The van der Waals surface area contributed by atoms with Crippen LogP contribution in [0.5, 0.6) is 28.7 Å². The molecule has 1 atom stereocenters. The van der Waals surface area contributed by atoms with E-state index in [-0.39, 0.29) is 39.4 Å². The van der Waals surface area contributed by atoms with Crippen LogP contribution in [0.25, 0.3) is 0 Å². The van der Waals surface area contributed by atoms with Crippen LogP contribution >= 0.6 is 34.8 Å². The Hall–Kier alpha value is -4.55. The molecule has 8 nitrogen and oxygen atoms in total. The fraction of sp³-hybridized carbons (Fsp3) is 0.200. The summed E-state index contributed by atoms with van der Waals surface area (Å²) in [5.74, 6) is 0.424. The van der Waals surface area contributed by atoms with Crippen molar-refractivity contribution in [3.63, 3.8) is 0 Å². The van der Waals surface area contributed by atoms with Gasteiger partial charge in [-0.05, 0) is 48.4 Å². The number of hydrogen-bond donors (Lipinski definition) is 1. The smallest absolute Gasteiger partial charge is 0.343 e. The van der Waals surface area contributed by atoms with Crippen molar-refractivity contribution in [1.82, 2.24) is 0 Å². The molecule has 1 aliphatic heterocycles. The van der Waals surface area contributed by atoms with Gasteiger partial charge in [-0.25, -0.2) is 4.79 Å². The predicted molar refractivity (Wildman–Crippen MR) is 176 cm³/mol. The molecule has 4 aromatic rings. The number of allylic oxidation sites excluding steroid dienone is 1. The lowest BCUT2D eigenvalue weighted by molar-refractivity contribution is 0.0734. The van der Waals surface area contributed by atoms with E-state index >= 15 is 0 Å². The minimum atomic E-state index is -0.686. The van der Waals surface area contributed by atoms with Crippen molar-refractivity contribution in [2.24, 2.45) is 5.73 Å². The molecule has 0 aromatic heterocycles. The van der Waals surface area contributed by atoms with E-state index in [4.69, 9.17) is 64.2 Å². The third kappa shape index (κ3) is 7.13. The Labute approximate surface area is 281 Å². The number of carbonyl (C=O) groups excluding carboxylic acids is 1.